The monoisotopic (exact) mass is 415 g/mol. The summed E-state index contributed by atoms with van der Waals surface area (Å²) < 4.78 is 27.1. The van der Waals surface area contributed by atoms with Crippen molar-refractivity contribution < 1.29 is 18.0 Å². The molecule has 7 nitrogen and oxygen atoms in total. The molecule has 8 heteroatoms. The molecule has 1 N–H and O–H groups in total. The van der Waals surface area contributed by atoms with Crippen LogP contribution in [0.1, 0.15) is 50.5 Å². The number of benzene rings is 1. The molecule has 0 spiro atoms. The number of piperazine rings is 1. The predicted molar refractivity (Wildman–Crippen MR) is 109 cm³/mol. The first kappa shape index (κ1) is 19.8. The number of Topliss-reactive ketones (excluding diaryl/α,β-unsaturated/α-hetero) is 1. The van der Waals surface area contributed by atoms with Crippen molar-refractivity contribution in [3.63, 3.8) is 0 Å². The van der Waals surface area contributed by atoms with Gasteiger partial charge in [0.25, 0.3) is 5.91 Å². The first-order chi connectivity index (χ1) is 13.8. The molecule has 1 aromatic heterocycles. The molecule has 1 saturated heterocycles. The highest BCUT2D eigenvalue weighted by atomic mass is 32.2. The van der Waals surface area contributed by atoms with Crippen molar-refractivity contribution in [1.82, 2.24) is 14.2 Å². The Morgan fingerprint density at radius 1 is 1.00 bits per heavy atom. The Morgan fingerprint density at radius 3 is 2.28 bits per heavy atom. The summed E-state index contributed by atoms with van der Waals surface area (Å²) in [5.74, 6) is -0.0786. The molecule has 2 heterocycles. The van der Waals surface area contributed by atoms with Crippen LogP contribution >= 0.6 is 0 Å². The lowest BCUT2D eigenvalue weighted by molar-refractivity contribution is 0.0691. The van der Waals surface area contributed by atoms with Crippen LogP contribution in [0.25, 0.3) is 0 Å². The number of sulfonamides is 1. The van der Waals surface area contributed by atoms with Crippen LogP contribution in [0.15, 0.2) is 29.2 Å². The van der Waals surface area contributed by atoms with Crippen molar-refractivity contribution in [1.29, 1.82) is 0 Å². The Labute approximate surface area is 170 Å². The topological polar surface area (TPSA) is 90.6 Å². The van der Waals surface area contributed by atoms with Crippen molar-refractivity contribution >= 4 is 21.7 Å². The Hall–Kier alpha value is -2.45. The smallest absolute Gasteiger partial charge is 0.270 e. The van der Waals surface area contributed by atoms with Gasteiger partial charge in [0.05, 0.1) is 4.90 Å². The number of fused-ring (bicyclic) bond motifs is 1. The fourth-order valence-electron chi connectivity index (χ4n) is 4.14. The SMILES string of the molecule is Cc1ccc(S(=O)(=O)N2CCN(C(=O)c3[nH]c4c(c3C)C(=O)CCC4)CC2)cc1. The fraction of sp³-hybridized carbons (Fsp3) is 0.429. The minimum Gasteiger partial charge on any atom is -0.354 e. The number of hydrogen-bond donors (Lipinski definition) is 1. The Morgan fingerprint density at radius 2 is 1.66 bits per heavy atom. The summed E-state index contributed by atoms with van der Waals surface area (Å²) in [6.07, 6.45) is 2.10. The molecule has 0 radical (unpaired) electrons. The number of rotatable bonds is 3. The molecule has 2 aliphatic rings. The van der Waals surface area contributed by atoms with Crippen LogP contribution in [0.3, 0.4) is 0 Å². The maximum absolute atomic E-state index is 13.0. The van der Waals surface area contributed by atoms with Gasteiger partial charge in [0.15, 0.2) is 5.78 Å². The minimum atomic E-state index is -3.57. The lowest BCUT2D eigenvalue weighted by Crippen LogP contribution is -2.50. The number of aromatic nitrogens is 1. The third kappa shape index (κ3) is 3.51. The number of nitrogens with one attached hydrogen (secondary N) is 1. The first-order valence-corrected chi connectivity index (χ1v) is 11.3. The number of amides is 1. The maximum Gasteiger partial charge on any atom is 0.270 e. The van der Waals surface area contributed by atoms with Crippen LogP contribution in [0, 0.1) is 13.8 Å². The quantitative estimate of drug-likeness (QED) is 0.833. The van der Waals surface area contributed by atoms with E-state index < -0.39 is 10.0 Å². The summed E-state index contributed by atoms with van der Waals surface area (Å²) in [4.78, 5) is 30.3. The highest BCUT2D eigenvalue weighted by Crippen LogP contribution is 2.27. The largest absolute Gasteiger partial charge is 0.354 e. The molecule has 2 aromatic rings. The zero-order valence-corrected chi connectivity index (χ0v) is 17.5. The molecule has 1 aliphatic heterocycles. The average molecular weight is 416 g/mol. The van der Waals surface area contributed by atoms with E-state index in [9.17, 15) is 18.0 Å². The van der Waals surface area contributed by atoms with E-state index in [2.05, 4.69) is 4.98 Å². The van der Waals surface area contributed by atoms with E-state index in [4.69, 9.17) is 0 Å². The normalized spacial score (nSPS) is 18.0. The summed E-state index contributed by atoms with van der Waals surface area (Å²) in [6, 6.07) is 6.80. The van der Waals surface area contributed by atoms with Gasteiger partial charge in [-0.2, -0.15) is 4.31 Å². The molecular weight excluding hydrogens is 390 g/mol. The Bertz CT molecular complexity index is 1060. The summed E-state index contributed by atoms with van der Waals surface area (Å²) in [6.45, 7) is 4.86. The molecule has 154 valence electrons. The Balaban J connectivity index is 1.48. The fourth-order valence-corrected chi connectivity index (χ4v) is 5.56. The second-order valence-corrected chi connectivity index (χ2v) is 9.70. The number of aryl methyl sites for hydroxylation is 2. The van der Waals surface area contributed by atoms with Crippen LogP contribution in [-0.4, -0.2) is 60.5 Å². The Kier molecular flexibility index (Phi) is 5.08. The molecule has 0 atom stereocenters. The molecule has 1 aromatic carbocycles. The van der Waals surface area contributed by atoms with Crippen LogP contribution in [0.4, 0.5) is 0 Å². The van der Waals surface area contributed by atoms with E-state index in [1.165, 1.54) is 4.31 Å². The van der Waals surface area contributed by atoms with Gasteiger partial charge in [-0.25, -0.2) is 8.42 Å². The molecule has 1 aliphatic carbocycles. The second kappa shape index (κ2) is 7.42. The molecule has 4 rings (SSSR count). The maximum atomic E-state index is 13.0. The third-order valence-corrected chi connectivity index (χ3v) is 7.75. The molecule has 1 fully saturated rings. The van der Waals surface area contributed by atoms with Gasteiger partial charge in [-0.1, -0.05) is 17.7 Å². The lowest BCUT2D eigenvalue weighted by atomic mass is 9.94. The molecule has 1 amide bonds. The zero-order chi connectivity index (χ0) is 20.8. The van der Waals surface area contributed by atoms with Crippen LogP contribution in [0.2, 0.25) is 0 Å². The third-order valence-electron chi connectivity index (χ3n) is 5.84. The molecule has 0 bridgehead atoms. The van der Waals surface area contributed by atoms with Gasteiger partial charge in [-0.15, -0.1) is 0 Å². The number of hydrogen-bond acceptors (Lipinski definition) is 4. The first-order valence-electron chi connectivity index (χ1n) is 9.90. The molecule has 0 saturated carbocycles. The van der Waals surface area contributed by atoms with Crippen molar-refractivity contribution in [3.8, 4) is 0 Å². The summed E-state index contributed by atoms with van der Waals surface area (Å²) in [5.41, 5.74) is 3.69. The van der Waals surface area contributed by atoms with Gasteiger partial charge in [-0.05, 0) is 44.4 Å². The van der Waals surface area contributed by atoms with E-state index in [1.54, 1.807) is 29.2 Å². The van der Waals surface area contributed by atoms with Gasteiger partial charge in [-0.3, -0.25) is 9.59 Å². The van der Waals surface area contributed by atoms with Crippen molar-refractivity contribution in [3.05, 3.63) is 52.3 Å². The molecule has 0 unspecified atom stereocenters. The van der Waals surface area contributed by atoms with Gasteiger partial charge in [0.1, 0.15) is 5.69 Å². The van der Waals surface area contributed by atoms with Gasteiger partial charge < -0.3 is 9.88 Å². The van der Waals surface area contributed by atoms with Crippen LogP contribution in [-0.2, 0) is 16.4 Å². The van der Waals surface area contributed by atoms with Crippen LogP contribution in [0.5, 0.6) is 0 Å². The number of ketones is 1. The standard InChI is InChI=1S/C21H25N3O4S/c1-14-6-8-16(9-7-14)29(27,28)24-12-10-23(11-13-24)21(26)20-15(2)19-17(22-20)4-3-5-18(19)25/h6-9,22H,3-5,10-13H2,1-2H3. The van der Waals surface area contributed by atoms with E-state index in [-0.39, 0.29) is 29.7 Å². The minimum absolute atomic E-state index is 0.0908. The summed E-state index contributed by atoms with van der Waals surface area (Å²) >= 11 is 0. The van der Waals surface area contributed by atoms with E-state index in [0.29, 0.717) is 36.3 Å². The van der Waals surface area contributed by atoms with Gasteiger partial charge >= 0.3 is 0 Å². The van der Waals surface area contributed by atoms with Crippen molar-refractivity contribution in [2.24, 2.45) is 0 Å². The van der Waals surface area contributed by atoms with E-state index in [0.717, 1.165) is 24.1 Å². The number of aromatic amines is 1. The average Bonchev–Trinajstić information content (AvgIpc) is 3.05. The van der Waals surface area contributed by atoms with E-state index in [1.807, 2.05) is 13.8 Å². The zero-order valence-electron chi connectivity index (χ0n) is 16.7. The molecule has 29 heavy (non-hydrogen) atoms. The predicted octanol–water partition coefficient (Wildman–Crippen LogP) is 2.30. The number of carbonyl (C=O) groups excluding carboxylic acids is 2. The highest BCUT2D eigenvalue weighted by Gasteiger charge is 2.33. The number of H-pyrrole nitrogens is 1. The molecular formula is C21H25N3O4S. The van der Waals surface area contributed by atoms with Crippen molar-refractivity contribution in [2.75, 3.05) is 26.2 Å². The second-order valence-electron chi connectivity index (χ2n) is 7.76. The van der Waals surface area contributed by atoms with Gasteiger partial charge in [0, 0.05) is 43.9 Å². The summed E-state index contributed by atoms with van der Waals surface area (Å²) in [7, 11) is -3.57. The van der Waals surface area contributed by atoms with Crippen molar-refractivity contribution in [2.45, 2.75) is 38.0 Å². The highest BCUT2D eigenvalue weighted by molar-refractivity contribution is 7.89. The number of carbonyl (C=O) groups is 2. The van der Waals surface area contributed by atoms with E-state index >= 15 is 0 Å². The lowest BCUT2D eigenvalue weighted by Gasteiger charge is -2.34. The van der Waals surface area contributed by atoms with Crippen LogP contribution < -0.4 is 0 Å². The van der Waals surface area contributed by atoms with Gasteiger partial charge in [0.2, 0.25) is 10.0 Å². The summed E-state index contributed by atoms with van der Waals surface area (Å²) in [5, 5.41) is 0. The number of nitrogens with zero attached hydrogens (tertiary/aromatic N) is 2.